The van der Waals surface area contributed by atoms with Crippen molar-refractivity contribution in [2.45, 2.75) is 32.4 Å². The summed E-state index contributed by atoms with van der Waals surface area (Å²) >= 11 is 3.40. The van der Waals surface area contributed by atoms with Crippen molar-refractivity contribution in [1.29, 1.82) is 0 Å². The van der Waals surface area contributed by atoms with Gasteiger partial charge in [0.25, 0.3) is 0 Å². The highest BCUT2D eigenvalue weighted by molar-refractivity contribution is 9.10. The van der Waals surface area contributed by atoms with Gasteiger partial charge in [-0.25, -0.2) is 4.39 Å². The van der Waals surface area contributed by atoms with E-state index in [9.17, 15) is 4.39 Å². The fourth-order valence-electron chi connectivity index (χ4n) is 2.21. The van der Waals surface area contributed by atoms with Gasteiger partial charge in [-0.15, -0.1) is 0 Å². The summed E-state index contributed by atoms with van der Waals surface area (Å²) in [5.41, 5.74) is 1.08. The van der Waals surface area contributed by atoms with Crippen LogP contribution >= 0.6 is 15.9 Å². The number of rotatable bonds is 6. The Balaban J connectivity index is 2.85. The van der Waals surface area contributed by atoms with Gasteiger partial charge in [0.15, 0.2) is 0 Å². The fraction of sp³-hybridized carbons (Fsp3) is 0.571. The van der Waals surface area contributed by atoms with Gasteiger partial charge in [-0.2, -0.15) is 0 Å². The summed E-state index contributed by atoms with van der Waals surface area (Å²) in [6.07, 6.45) is 0.931. The first kappa shape index (κ1) is 15.6. The lowest BCUT2D eigenvalue weighted by Gasteiger charge is -2.29. The number of hydrogen-bond acceptors (Lipinski definition) is 2. The average molecular weight is 318 g/mol. The summed E-state index contributed by atoms with van der Waals surface area (Å²) in [4.78, 5) is 0. The van der Waals surface area contributed by atoms with E-state index in [2.05, 4.69) is 35.1 Å². The normalized spacial score (nSPS) is 14.8. The van der Waals surface area contributed by atoms with Crippen LogP contribution in [0.5, 0.6) is 0 Å². The van der Waals surface area contributed by atoms with Gasteiger partial charge in [-0.05, 0) is 37.1 Å². The Morgan fingerprint density at radius 3 is 2.50 bits per heavy atom. The lowest BCUT2D eigenvalue weighted by molar-refractivity contribution is 0.0353. The third-order valence-corrected chi connectivity index (χ3v) is 3.89. The lowest BCUT2D eigenvalue weighted by atomic mass is 9.94. The first-order valence-electron chi connectivity index (χ1n) is 6.13. The summed E-state index contributed by atoms with van der Waals surface area (Å²) in [6.45, 7) is 4.27. The molecule has 0 saturated heterocycles. The van der Waals surface area contributed by atoms with Gasteiger partial charge >= 0.3 is 0 Å². The van der Waals surface area contributed by atoms with Crippen molar-refractivity contribution >= 4 is 15.9 Å². The molecular weight excluding hydrogens is 297 g/mol. The molecule has 2 nitrogen and oxygen atoms in total. The second kappa shape index (κ2) is 7.22. The molecule has 0 aromatic heterocycles. The molecule has 102 valence electrons. The fourth-order valence-corrected chi connectivity index (χ4v) is 2.72. The van der Waals surface area contributed by atoms with Gasteiger partial charge in [0.1, 0.15) is 5.82 Å². The Morgan fingerprint density at radius 1 is 1.39 bits per heavy atom. The van der Waals surface area contributed by atoms with Crippen LogP contribution in [-0.2, 0) is 11.2 Å². The molecule has 0 bridgehead atoms. The summed E-state index contributed by atoms with van der Waals surface area (Å²) in [6, 6.07) is 5.01. The van der Waals surface area contributed by atoms with Crippen molar-refractivity contribution in [3.05, 3.63) is 34.1 Å². The minimum absolute atomic E-state index is 0.131. The van der Waals surface area contributed by atoms with Crippen molar-refractivity contribution in [2.75, 3.05) is 14.2 Å². The molecule has 0 amide bonds. The molecule has 0 fully saturated rings. The summed E-state index contributed by atoms with van der Waals surface area (Å²) in [5, 5.41) is 3.29. The lowest BCUT2D eigenvalue weighted by Crippen LogP contribution is -2.43. The zero-order valence-electron chi connectivity index (χ0n) is 11.3. The molecule has 0 radical (unpaired) electrons. The highest BCUT2D eigenvalue weighted by Gasteiger charge is 2.23. The number of hydrogen-bond donors (Lipinski definition) is 1. The van der Waals surface area contributed by atoms with Crippen LogP contribution in [0.15, 0.2) is 22.7 Å². The van der Waals surface area contributed by atoms with Crippen molar-refractivity contribution in [1.82, 2.24) is 5.32 Å². The molecule has 1 N–H and O–H groups in total. The molecule has 0 aliphatic heterocycles. The second-order valence-electron chi connectivity index (χ2n) is 4.78. The Hall–Kier alpha value is -0.450. The van der Waals surface area contributed by atoms with Crippen LogP contribution in [-0.4, -0.2) is 26.3 Å². The third-order valence-electron chi connectivity index (χ3n) is 3.15. The van der Waals surface area contributed by atoms with E-state index in [1.165, 1.54) is 12.1 Å². The van der Waals surface area contributed by atoms with Crippen LogP contribution in [0.3, 0.4) is 0 Å². The number of benzene rings is 1. The molecule has 2 atom stereocenters. The predicted molar refractivity (Wildman–Crippen MR) is 76.3 cm³/mol. The molecule has 0 saturated carbocycles. The van der Waals surface area contributed by atoms with Gasteiger partial charge in [-0.1, -0.05) is 35.8 Å². The number of ether oxygens (including phenoxy) is 1. The second-order valence-corrected chi connectivity index (χ2v) is 5.63. The minimum Gasteiger partial charge on any atom is -0.380 e. The van der Waals surface area contributed by atoms with E-state index >= 15 is 0 Å². The first-order chi connectivity index (χ1) is 8.49. The Labute approximate surface area is 117 Å². The molecule has 2 unspecified atom stereocenters. The third kappa shape index (κ3) is 4.04. The maximum absolute atomic E-state index is 13.0. The van der Waals surface area contributed by atoms with Crippen LogP contribution in [0, 0.1) is 11.7 Å². The summed E-state index contributed by atoms with van der Waals surface area (Å²) in [7, 11) is 3.66. The molecule has 1 aromatic rings. The van der Waals surface area contributed by atoms with Crippen molar-refractivity contribution in [2.24, 2.45) is 5.92 Å². The van der Waals surface area contributed by atoms with Gasteiger partial charge in [0, 0.05) is 17.6 Å². The van der Waals surface area contributed by atoms with E-state index in [4.69, 9.17) is 4.74 Å². The van der Waals surface area contributed by atoms with Crippen LogP contribution in [0.1, 0.15) is 19.4 Å². The van der Waals surface area contributed by atoms with Crippen molar-refractivity contribution in [3.8, 4) is 0 Å². The zero-order valence-corrected chi connectivity index (χ0v) is 12.9. The standard InChI is InChI=1S/C14H21BrFNO/c1-9(2)14(18-4)13(17-3)7-10-5-6-11(16)8-12(10)15/h5-6,8-9,13-14,17H,7H2,1-4H3. The minimum atomic E-state index is -0.223. The molecular formula is C14H21BrFNO. The quantitative estimate of drug-likeness (QED) is 0.868. The molecule has 0 heterocycles. The largest absolute Gasteiger partial charge is 0.380 e. The van der Waals surface area contributed by atoms with Crippen molar-refractivity contribution in [3.63, 3.8) is 0 Å². The summed E-state index contributed by atoms with van der Waals surface area (Å²) < 4.78 is 19.4. The van der Waals surface area contributed by atoms with Crippen LogP contribution in [0.4, 0.5) is 4.39 Å². The average Bonchev–Trinajstić information content (AvgIpc) is 2.31. The Bertz CT molecular complexity index is 384. The van der Waals surface area contributed by atoms with E-state index < -0.39 is 0 Å². The highest BCUT2D eigenvalue weighted by atomic mass is 79.9. The summed E-state index contributed by atoms with van der Waals surface area (Å²) in [5.74, 6) is 0.199. The smallest absolute Gasteiger partial charge is 0.124 e. The van der Waals surface area contributed by atoms with Crippen LogP contribution < -0.4 is 5.32 Å². The molecule has 18 heavy (non-hydrogen) atoms. The number of likely N-dealkylation sites (N-methyl/N-ethyl adjacent to an activating group) is 1. The maximum Gasteiger partial charge on any atom is 0.124 e. The van der Waals surface area contributed by atoms with Crippen LogP contribution in [0.25, 0.3) is 0 Å². The van der Waals surface area contributed by atoms with Gasteiger partial charge in [0.05, 0.1) is 6.10 Å². The highest BCUT2D eigenvalue weighted by Crippen LogP contribution is 2.22. The first-order valence-corrected chi connectivity index (χ1v) is 6.92. The molecule has 1 aromatic carbocycles. The number of nitrogens with one attached hydrogen (secondary N) is 1. The Morgan fingerprint density at radius 2 is 2.06 bits per heavy atom. The number of halogens is 2. The van der Waals surface area contributed by atoms with Gasteiger partial charge in [0.2, 0.25) is 0 Å². The monoisotopic (exact) mass is 317 g/mol. The van der Waals surface area contributed by atoms with Gasteiger partial charge in [-0.3, -0.25) is 0 Å². The van der Waals surface area contributed by atoms with E-state index in [0.29, 0.717) is 5.92 Å². The molecule has 0 aliphatic carbocycles. The van der Waals surface area contributed by atoms with Crippen molar-refractivity contribution < 1.29 is 9.13 Å². The van der Waals surface area contributed by atoms with Crippen LogP contribution in [0.2, 0.25) is 0 Å². The predicted octanol–water partition coefficient (Wildman–Crippen LogP) is 3.39. The molecule has 0 spiro atoms. The zero-order chi connectivity index (χ0) is 13.7. The molecule has 4 heteroatoms. The van der Waals surface area contributed by atoms with E-state index in [0.717, 1.165) is 16.5 Å². The van der Waals surface area contributed by atoms with E-state index in [1.54, 1.807) is 7.11 Å². The SMILES string of the molecule is CNC(Cc1ccc(F)cc1Br)C(OC)C(C)C. The molecule has 0 aliphatic rings. The van der Waals surface area contributed by atoms with E-state index in [1.807, 2.05) is 13.1 Å². The Kier molecular flexibility index (Phi) is 6.26. The number of methoxy groups -OCH3 is 1. The molecule has 1 rings (SSSR count). The maximum atomic E-state index is 13.0. The topological polar surface area (TPSA) is 21.3 Å². The van der Waals surface area contributed by atoms with Gasteiger partial charge < -0.3 is 10.1 Å². The van der Waals surface area contributed by atoms with E-state index in [-0.39, 0.29) is 18.0 Å².